The second-order valence-electron chi connectivity index (χ2n) is 5.56. The average Bonchev–Trinajstić information content (AvgIpc) is 3.05. The molecule has 3 rings (SSSR count). The Labute approximate surface area is 114 Å². The van der Waals surface area contributed by atoms with E-state index in [0.717, 1.165) is 32.1 Å². The van der Waals surface area contributed by atoms with Gasteiger partial charge in [0.15, 0.2) is 0 Å². The van der Waals surface area contributed by atoms with Crippen LogP contribution in [0.3, 0.4) is 0 Å². The number of imidazole rings is 1. The second-order valence-corrected chi connectivity index (χ2v) is 5.56. The number of aliphatic hydroxyl groups is 1. The van der Waals surface area contributed by atoms with E-state index in [1.165, 1.54) is 12.8 Å². The zero-order valence-corrected chi connectivity index (χ0v) is 11.5. The molecule has 2 fully saturated rings. The number of aromatic nitrogens is 2. The summed E-state index contributed by atoms with van der Waals surface area (Å²) < 4.78 is 7.92. The van der Waals surface area contributed by atoms with E-state index in [-0.39, 0.29) is 6.10 Å². The van der Waals surface area contributed by atoms with Crippen molar-refractivity contribution in [2.24, 2.45) is 0 Å². The quantitative estimate of drug-likeness (QED) is 0.869. The van der Waals surface area contributed by atoms with Crippen LogP contribution in [0.5, 0.6) is 0 Å². The highest BCUT2D eigenvalue weighted by Crippen LogP contribution is 2.24. The number of hydrogen-bond donors (Lipinski definition) is 1. The minimum absolute atomic E-state index is 0.0728. The zero-order valence-electron chi connectivity index (χ0n) is 11.5. The summed E-state index contributed by atoms with van der Waals surface area (Å²) in [6.07, 6.45) is 6.29. The summed E-state index contributed by atoms with van der Waals surface area (Å²) in [6, 6.07) is 0.584. The highest BCUT2D eigenvalue weighted by Gasteiger charge is 2.35. The third-order valence-corrected chi connectivity index (χ3v) is 4.38. The van der Waals surface area contributed by atoms with Crippen molar-refractivity contribution >= 4 is 0 Å². The number of aryl methyl sites for hydroxylation is 1. The lowest BCUT2D eigenvalue weighted by atomic mass is 10.1. The Bertz CT molecular complexity index is 421. The van der Waals surface area contributed by atoms with Crippen LogP contribution in [0.1, 0.15) is 25.6 Å². The van der Waals surface area contributed by atoms with Crippen LogP contribution in [0.15, 0.2) is 12.4 Å². The van der Waals surface area contributed by atoms with Gasteiger partial charge in [-0.3, -0.25) is 4.90 Å². The van der Waals surface area contributed by atoms with Crippen molar-refractivity contribution in [1.82, 2.24) is 14.5 Å². The molecule has 1 aromatic heterocycles. The summed E-state index contributed by atoms with van der Waals surface area (Å²) in [5.41, 5.74) is 0. The molecule has 1 aromatic rings. The van der Waals surface area contributed by atoms with Gasteiger partial charge in [-0.2, -0.15) is 0 Å². The van der Waals surface area contributed by atoms with Crippen molar-refractivity contribution in [2.45, 2.75) is 51.0 Å². The van der Waals surface area contributed by atoms with Gasteiger partial charge < -0.3 is 14.4 Å². The normalized spacial score (nSPS) is 29.4. The number of hydrogen-bond acceptors (Lipinski definition) is 4. The van der Waals surface area contributed by atoms with Crippen LogP contribution < -0.4 is 0 Å². The van der Waals surface area contributed by atoms with E-state index < -0.39 is 6.10 Å². The first-order valence-corrected chi connectivity index (χ1v) is 7.31. The largest absolute Gasteiger partial charge is 0.390 e. The van der Waals surface area contributed by atoms with Gasteiger partial charge >= 0.3 is 0 Å². The smallest absolute Gasteiger partial charge is 0.111 e. The van der Waals surface area contributed by atoms with E-state index in [1.807, 2.05) is 6.20 Å². The van der Waals surface area contributed by atoms with Crippen molar-refractivity contribution in [2.75, 3.05) is 19.7 Å². The molecule has 3 atom stereocenters. The third kappa shape index (κ3) is 2.68. The van der Waals surface area contributed by atoms with Crippen molar-refractivity contribution in [3.8, 4) is 0 Å². The van der Waals surface area contributed by atoms with Crippen LogP contribution in [-0.4, -0.2) is 57.5 Å². The summed E-state index contributed by atoms with van der Waals surface area (Å²) in [4.78, 5) is 6.78. The van der Waals surface area contributed by atoms with Crippen molar-refractivity contribution in [3.63, 3.8) is 0 Å². The maximum absolute atomic E-state index is 10.4. The molecule has 3 heterocycles. The van der Waals surface area contributed by atoms with Crippen molar-refractivity contribution < 1.29 is 9.84 Å². The predicted octanol–water partition coefficient (Wildman–Crippen LogP) is 0.670. The molecule has 5 nitrogen and oxygen atoms in total. The second kappa shape index (κ2) is 5.61. The molecule has 0 aliphatic carbocycles. The highest BCUT2D eigenvalue weighted by atomic mass is 16.5. The molecule has 3 unspecified atom stereocenters. The predicted molar refractivity (Wildman–Crippen MR) is 71.9 cm³/mol. The van der Waals surface area contributed by atoms with Gasteiger partial charge in [0.25, 0.3) is 0 Å². The fourth-order valence-electron chi connectivity index (χ4n) is 3.21. The molecule has 2 aliphatic heterocycles. The molecule has 106 valence electrons. The number of fused-ring (bicyclic) bond motifs is 1. The molecule has 19 heavy (non-hydrogen) atoms. The summed E-state index contributed by atoms with van der Waals surface area (Å²) in [6.45, 7) is 5.76. The van der Waals surface area contributed by atoms with Gasteiger partial charge in [0.2, 0.25) is 0 Å². The topological polar surface area (TPSA) is 50.5 Å². The first-order valence-electron chi connectivity index (χ1n) is 7.31. The Kier molecular flexibility index (Phi) is 3.86. The number of aliphatic hydroxyl groups excluding tert-OH is 1. The van der Waals surface area contributed by atoms with Crippen LogP contribution in [0, 0.1) is 0 Å². The standard InChI is InChI=1S/C14H23N3O2/c1-2-16-7-5-15-14(16)8-12(18)13-9-17-6-3-4-11(17)10-19-13/h5,7,11-13,18H,2-4,6,8-10H2,1H3. The first kappa shape index (κ1) is 13.1. The van der Waals surface area contributed by atoms with Gasteiger partial charge in [-0.15, -0.1) is 0 Å². The van der Waals surface area contributed by atoms with Crippen LogP contribution in [0.2, 0.25) is 0 Å². The summed E-state index contributed by atoms with van der Waals surface area (Å²) >= 11 is 0. The molecular formula is C14H23N3O2. The SMILES string of the molecule is CCn1ccnc1CC(O)C1CN2CCCC2CO1. The Morgan fingerprint density at radius 1 is 1.58 bits per heavy atom. The molecule has 5 heteroatoms. The Hall–Kier alpha value is -0.910. The molecule has 0 amide bonds. The lowest BCUT2D eigenvalue weighted by Gasteiger charge is -2.37. The number of nitrogens with zero attached hydrogens (tertiary/aromatic N) is 3. The molecule has 2 aliphatic rings. The lowest BCUT2D eigenvalue weighted by molar-refractivity contribution is -0.102. The monoisotopic (exact) mass is 265 g/mol. The van der Waals surface area contributed by atoms with E-state index >= 15 is 0 Å². The molecule has 0 radical (unpaired) electrons. The van der Waals surface area contributed by atoms with E-state index in [1.54, 1.807) is 6.20 Å². The summed E-state index contributed by atoms with van der Waals surface area (Å²) in [7, 11) is 0. The molecular weight excluding hydrogens is 242 g/mol. The van der Waals surface area contributed by atoms with Crippen LogP contribution in [-0.2, 0) is 17.7 Å². The fraction of sp³-hybridized carbons (Fsp3) is 0.786. The van der Waals surface area contributed by atoms with Gasteiger partial charge in [0.1, 0.15) is 5.82 Å². The first-order chi connectivity index (χ1) is 9.28. The maximum Gasteiger partial charge on any atom is 0.111 e. The van der Waals surface area contributed by atoms with Gasteiger partial charge in [0.05, 0.1) is 18.8 Å². The fourth-order valence-corrected chi connectivity index (χ4v) is 3.21. The third-order valence-electron chi connectivity index (χ3n) is 4.38. The zero-order chi connectivity index (χ0) is 13.2. The van der Waals surface area contributed by atoms with Gasteiger partial charge in [0, 0.05) is 37.9 Å². The van der Waals surface area contributed by atoms with Crippen molar-refractivity contribution in [1.29, 1.82) is 0 Å². The Morgan fingerprint density at radius 3 is 3.32 bits per heavy atom. The van der Waals surface area contributed by atoms with E-state index in [2.05, 4.69) is 21.4 Å². The summed E-state index contributed by atoms with van der Waals surface area (Å²) in [5, 5.41) is 10.4. The van der Waals surface area contributed by atoms with E-state index in [0.29, 0.717) is 12.5 Å². The minimum Gasteiger partial charge on any atom is -0.390 e. The maximum atomic E-state index is 10.4. The van der Waals surface area contributed by atoms with Gasteiger partial charge in [-0.25, -0.2) is 4.98 Å². The lowest BCUT2D eigenvalue weighted by Crippen LogP contribution is -2.51. The average molecular weight is 265 g/mol. The Balaban J connectivity index is 1.59. The highest BCUT2D eigenvalue weighted by molar-refractivity contribution is 4.97. The molecule has 0 aromatic carbocycles. The van der Waals surface area contributed by atoms with Crippen LogP contribution >= 0.6 is 0 Å². The Morgan fingerprint density at radius 2 is 2.47 bits per heavy atom. The van der Waals surface area contributed by atoms with E-state index in [4.69, 9.17) is 4.74 Å². The van der Waals surface area contributed by atoms with Crippen molar-refractivity contribution in [3.05, 3.63) is 18.2 Å². The van der Waals surface area contributed by atoms with Crippen LogP contribution in [0.25, 0.3) is 0 Å². The number of morpholine rings is 1. The molecule has 1 N–H and O–H groups in total. The summed E-state index contributed by atoms with van der Waals surface area (Å²) in [5.74, 6) is 0.946. The molecule has 0 saturated carbocycles. The molecule has 0 bridgehead atoms. The molecule has 0 spiro atoms. The van der Waals surface area contributed by atoms with E-state index in [9.17, 15) is 5.11 Å². The van der Waals surface area contributed by atoms with Gasteiger partial charge in [-0.1, -0.05) is 0 Å². The number of rotatable bonds is 4. The van der Waals surface area contributed by atoms with Gasteiger partial charge in [-0.05, 0) is 26.3 Å². The number of ether oxygens (including phenoxy) is 1. The minimum atomic E-state index is -0.464. The van der Waals surface area contributed by atoms with Crippen LogP contribution in [0.4, 0.5) is 0 Å². The molecule has 2 saturated heterocycles.